The lowest BCUT2D eigenvalue weighted by Crippen LogP contribution is -2.15. The topological polar surface area (TPSA) is 26.1 Å². The third kappa shape index (κ3) is 2.14. The van der Waals surface area contributed by atoms with E-state index in [2.05, 4.69) is 0 Å². The Morgan fingerprint density at radius 2 is 1.44 bits per heavy atom. The van der Waals surface area contributed by atoms with Crippen LogP contribution in [0.4, 0.5) is 5.69 Å². The van der Waals surface area contributed by atoms with Crippen LogP contribution >= 0.6 is 0 Å². The van der Waals surface area contributed by atoms with Crippen molar-refractivity contribution < 1.29 is 4.74 Å². The summed E-state index contributed by atoms with van der Waals surface area (Å²) in [4.78, 5) is 0. The van der Waals surface area contributed by atoms with Crippen LogP contribution < -0.4 is 0 Å². The van der Waals surface area contributed by atoms with Gasteiger partial charge in [0.05, 0.1) is 0 Å². The largest absolute Gasteiger partial charge is 0.618 e. The molecule has 0 saturated heterocycles. The van der Waals surface area contributed by atoms with Gasteiger partial charge in [-0.3, -0.25) is 0 Å². The van der Waals surface area contributed by atoms with Crippen molar-refractivity contribution >= 4 is 11.4 Å². The average Bonchev–Trinajstić information content (AvgIpc) is 3.26. The van der Waals surface area contributed by atoms with Gasteiger partial charge in [-0.05, 0) is 25.0 Å². The molecule has 2 aromatic carbocycles. The Hall–Kier alpha value is -2.09. The summed E-state index contributed by atoms with van der Waals surface area (Å²) in [6.07, 6.45) is 2.24. The fourth-order valence-corrected chi connectivity index (χ4v) is 2.19. The van der Waals surface area contributed by atoms with Crippen LogP contribution in [-0.4, -0.2) is 10.5 Å². The van der Waals surface area contributed by atoms with Crippen LogP contribution in [0, 0.1) is 11.1 Å². The van der Waals surface area contributed by atoms with Crippen LogP contribution in [0.2, 0.25) is 0 Å². The summed E-state index contributed by atoms with van der Waals surface area (Å²) in [6.45, 7) is 0. The Labute approximate surface area is 107 Å². The highest BCUT2D eigenvalue weighted by atomic mass is 16.5. The maximum absolute atomic E-state index is 12.5. The molecule has 90 valence electrons. The highest BCUT2D eigenvalue weighted by Crippen LogP contribution is 2.34. The predicted molar refractivity (Wildman–Crippen MR) is 73.0 cm³/mol. The fourth-order valence-electron chi connectivity index (χ4n) is 2.19. The number of benzene rings is 2. The van der Waals surface area contributed by atoms with Crippen LogP contribution in [0.1, 0.15) is 18.4 Å². The van der Waals surface area contributed by atoms with E-state index in [9.17, 15) is 5.21 Å². The summed E-state index contributed by atoms with van der Waals surface area (Å²) in [5.74, 6) is 0.421. The molecule has 1 aliphatic carbocycles. The zero-order valence-corrected chi connectivity index (χ0v) is 10.1. The summed E-state index contributed by atoms with van der Waals surface area (Å²) < 4.78 is 1.09. The molecule has 0 spiro atoms. The molecule has 0 aromatic heterocycles. The van der Waals surface area contributed by atoms with E-state index in [1.807, 2.05) is 60.7 Å². The Bertz CT molecular complexity index is 556. The molecule has 1 fully saturated rings. The predicted octanol–water partition coefficient (Wildman–Crippen LogP) is 3.73. The molecule has 18 heavy (non-hydrogen) atoms. The van der Waals surface area contributed by atoms with Gasteiger partial charge in [0.15, 0.2) is 0 Å². The van der Waals surface area contributed by atoms with E-state index in [-0.39, 0.29) is 0 Å². The second kappa shape index (κ2) is 4.65. The maximum Gasteiger partial charge on any atom is 0.216 e. The summed E-state index contributed by atoms with van der Waals surface area (Å²) in [7, 11) is 0. The van der Waals surface area contributed by atoms with E-state index < -0.39 is 0 Å². The van der Waals surface area contributed by atoms with E-state index in [0.717, 1.165) is 28.9 Å². The lowest BCUT2D eigenvalue weighted by molar-refractivity contribution is -0.362. The molecule has 0 radical (unpaired) electrons. The van der Waals surface area contributed by atoms with Crippen molar-refractivity contribution in [1.82, 2.24) is 0 Å². The SMILES string of the molecule is [O-]/[N+](=C(\c1ccccc1)C1CC1)c1ccccc1. The van der Waals surface area contributed by atoms with Crippen molar-refractivity contribution in [2.45, 2.75) is 12.8 Å². The molecule has 0 heterocycles. The number of hydrogen-bond acceptors (Lipinski definition) is 1. The minimum Gasteiger partial charge on any atom is -0.618 e. The molecule has 1 saturated carbocycles. The quantitative estimate of drug-likeness (QED) is 0.346. The van der Waals surface area contributed by atoms with E-state index in [0.29, 0.717) is 11.6 Å². The third-order valence-corrected chi connectivity index (χ3v) is 3.24. The van der Waals surface area contributed by atoms with Gasteiger partial charge in [-0.15, -0.1) is 0 Å². The molecule has 0 unspecified atom stereocenters. The maximum atomic E-state index is 12.5. The first-order valence-electron chi connectivity index (χ1n) is 6.31. The number of para-hydroxylation sites is 1. The first-order valence-corrected chi connectivity index (χ1v) is 6.31. The highest BCUT2D eigenvalue weighted by molar-refractivity contribution is 6.00. The lowest BCUT2D eigenvalue weighted by atomic mass is 10.1. The molecular weight excluding hydrogens is 222 g/mol. The van der Waals surface area contributed by atoms with Crippen molar-refractivity contribution in [3.63, 3.8) is 0 Å². The Kier molecular flexibility index (Phi) is 2.85. The van der Waals surface area contributed by atoms with Gasteiger partial charge in [-0.25, -0.2) is 0 Å². The molecular formula is C16H15NO. The van der Waals surface area contributed by atoms with Gasteiger partial charge >= 0.3 is 0 Å². The molecule has 0 N–H and O–H groups in total. The smallest absolute Gasteiger partial charge is 0.216 e. The van der Waals surface area contributed by atoms with Gasteiger partial charge in [-0.1, -0.05) is 36.4 Å². The molecule has 0 bridgehead atoms. The van der Waals surface area contributed by atoms with Gasteiger partial charge in [0.1, 0.15) is 0 Å². The number of hydrogen-bond donors (Lipinski definition) is 0. The summed E-state index contributed by atoms with van der Waals surface area (Å²) in [5.41, 5.74) is 2.66. The monoisotopic (exact) mass is 237 g/mol. The molecule has 2 nitrogen and oxygen atoms in total. The van der Waals surface area contributed by atoms with Crippen molar-refractivity contribution in [3.05, 3.63) is 71.4 Å². The molecule has 2 aromatic rings. The van der Waals surface area contributed by atoms with Gasteiger partial charge in [0.2, 0.25) is 11.4 Å². The normalized spacial score (nSPS) is 16.2. The Morgan fingerprint density at radius 3 is 2.00 bits per heavy atom. The van der Waals surface area contributed by atoms with E-state index >= 15 is 0 Å². The van der Waals surface area contributed by atoms with Gasteiger partial charge in [-0.2, -0.15) is 4.74 Å². The van der Waals surface area contributed by atoms with Crippen molar-refractivity contribution in [2.24, 2.45) is 5.92 Å². The lowest BCUT2D eigenvalue weighted by Gasteiger charge is -2.10. The van der Waals surface area contributed by atoms with Crippen LogP contribution in [0.5, 0.6) is 0 Å². The zero-order valence-electron chi connectivity index (χ0n) is 10.1. The summed E-state index contributed by atoms with van der Waals surface area (Å²) >= 11 is 0. The summed E-state index contributed by atoms with van der Waals surface area (Å²) in [5, 5.41) is 12.5. The molecule has 0 amide bonds. The van der Waals surface area contributed by atoms with E-state index in [1.54, 1.807) is 0 Å². The van der Waals surface area contributed by atoms with Crippen LogP contribution in [0.3, 0.4) is 0 Å². The van der Waals surface area contributed by atoms with E-state index in [4.69, 9.17) is 0 Å². The summed E-state index contributed by atoms with van der Waals surface area (Å²) in [6, 6.07) is 19.4. The van der Waals surface area contributed by atoms with E-state index in [1.165, 1.54) is 0 Å². The number of rotatable bonds is 3. The van der Waals surface area contributed by atoms with Crippen molar-refractivity contribution in [1.29, 1.82) is 0 Å². The molecule has 1 aliphatic rings. The molecule has 2 heteroatoms. The van der Waals surface area contributed by atoms with Gasteiger partial charge in [0.25, 0.3) is 0 Å². The first-order chi connectivity index (χ1) is 8.86. The highest BCUT2D eigenvalue weighted by Gasteiger charge is 2.35. The second-order valence-electron chi connectivity index (χ2n) is 4.66. The standard InChI is InChI=1S/C16H15NO/c18-17(15-9-5-2-6-10-15)16(14-11-12-14)13-7-3-1-4-8-13/h1-10,14H,11-12H2/b17-16+. The molecule has 0 atom stereocenters. The minimum absolute atomic E-state index is 0.421. The molecule has 0 aliphatic heterocycles. The number of nitrogens with zero attached hydrogens (tertiary/aromatic N) is 1. The fraction of sp³-hybridized carbons (Fsp3) is 0.188. The first kappa shape index (κ1) is 11.0. The third-order valence-electron chi connectivity index (χ3n) is 3.24. The van der Waals surface area contributed by atoms with Crippen molar-refractivity contribution in [3.8, 4) is 0 Å². The average molecular weight is 237 g/mol. The molecule has 3 rings (SSSR count). The minimum atomic E-state index is 0.421. The second-order valence-corrected chi connectivity index (χ2v) is 4.66. The van der Waals surface area contributed by atoms with Crippen molar-refractivity contribution in [2.75, 3.05) is 0 Å². The zero-order chi connectivity index (χ0) is 12.4. The van der Waals surface area contributed by atoms with Gasteiger partial charge < -0.3 is 5.21 Å². The van der Waals surface area contributed by atoms with Crippen LogP contribution in [0.15, 0.2) is 60.7 Å². The van der Waals surface area contributed by atoms with Crippen LogP contribution in [0.25, 0.3) is 0 Å². The van der Waals surface area contributed by atoms with Crippen LogP contribution in [-0.2, 0) is 0 Å². The van der Waals surface area contributed by atoms with Gasteiger partial charge in [0, 0.05) is 23.6 Å². The Balaban J connectivity index is 2.09. The Morgan fingerprint density at radius 1 is 0.889 bits per heavy atom.